The first-order valence-corrected chi connectivity index (χ1v) is 5.68. The van der Waals surface area contributed by atoms with E-state index in [9.17, 15) is 24.0 Å². The maximum Gasteiger partial charge on any atom is 0.330 e. The second kappa shape index (κ2) is 8.54. The number of aromatic amines is 3. The molecule has 1 aromatic carbocycles. The van der Waals surface area contributed by atoms with Gasteiger partial charge >= 0.3 is 17.1 Å². The van der Waals surface area contributed by atoms with Crippen LogP contribution in [0.25, 0.3) is 0 Å². The highest BCUT2D eigenvalue weighted by Crippen LogP contribution is 2.16. The lowest BCUT2D eigenvalue weighted by atomic mass is 10.2. The van der Waals surface area contributed by atoms with Gasteiger partial charge in [0.1, 0.15) is 0 Å². The Bertz CT molecular complexity index is 772. The van der Waals surface area contributed by atoms with Crippen LogP contribution in [0.4, 0.5) is 0 Å². The van der Waals surface area contributed by atoms with Crippen LogP contribution in [0, 0.1) is 0 Å². The van der Waals surface area contributed by atoms with E-state index in [1.807, 2.05) is 6.07 Å². The first kappa shape index (κ1) is 16.4. The van der Waals surface area contributed by atoms with Crippen LogP contribution in [0.2, 0.25) is 0 Å². The molecule has 0 amide bonds. The molecule has 10 heteroatoms. The fourth-order valence-corrected chi connectivity index (χ4v) is 1.31. The third kappa shape index (κ3) is 5.57. The van der Waals surface area contributed by atoms with Crippen LogP contribution in [-0.2, 0) is 9.59 Å². The monoisotopic (exact) mass is 303 g/mol. The number of aliphatic imine (C=N–C) groups is 2. The molecule has 0 saturated heterocycles. The van der Waals surface area contributed by atoms with E-state index in [0.717, 1.165) is 0 Å². The van der Waals surface area contributed by atoms with E-state index >= 15 is 0 Å². The lowest BCUT2D eigenvalue weighted by molar-refractivity contribution is 0.552. The van der Waals surface area contributed by atoms with Gasteiger partial charge in [-0.3, -0.25) is 15.0 Å². The fourth-order valence-electron chi connectivity index (χ4n) is 1.31. The van der Waals surface area contributed by atoms with Gasteiger partial charge in [0, 0.05) is 0 Å². The van der Waals surface area contributed by atoms with Gasteiger partial charge in [-0.2, -0.15) is 9.98 Å². The molecule has 0 radical (unpaired) electrons. The van der Waals surface area contributed by atoms with Crippen molar-refractivity contribution in [2.75, 3.05) is 0 Å². The lowest BCUT2D eigenvalue weighted by Gasteiger charge is -2.01. The van der Waals surface area contributed by atoms with E-state index in [1.165, 1.54) is 12.2 Å². The van der Waals surface area contributed by atoms with Crippen LogP contribution in [0.3, 0.4) is 0 Å². The number of aromatic nitrogens is 3. The predicted molar refractivity (Wildman–Crippen MR) is 73.7 cm³/mol. The Hall–Kier alpha value is -3.61. The highest BCUT2D eigenvalue weighted by atomic mass is 16.2. The third-order valence-corrected chi connectivity index (χ3v) is 2.13. The minimum atomic E-state index is -0.809. The van der Waals surface area contributed by atoms with E-state index in [0.29, 0.717) is 5.56 Å². The largest absolute Gasteiger partial charge is 0.330 e. The summed E-state index contributed by atoms with van der Waals surface area (Å²) >= 11 is 0. The van der Waals surface area contributed by atoms with E-state index < -0.39 is 23.2 Å². The Morgan fingerprint density at radius 1 is 0.773 bits per heavy atom. The summed E-state index contributed by atoms with van der Waals surface area (Å²) in [5.41, 5.74) is -1.74. The van der Waals surface area contributed by atoms with Crippen LogP contribution in [-0.4, -0.2) is 27.1 Å². The van der Waals surface area contributed by atoms with Crippen molar-refractivity contribution in [3.63, 3.8) is 0 Å². The molecule has 2 aromatic rings. The molecule has 3 N–H and O–H groups in total. The van der Waals surface area contributed by atoms with Crippen molar-refractivity contribution < 1.29 is 9.59 Å². The maximum atomic E-state index is 10.2. The molecular formula is C12H9N5O5. The quantitative estimate of drug-likeness (QED) is 0.495. The van der Waals surface area contributed by atoms with Crippen molar-refractivity contribution in [3.05, 3.63) is 67.3 Å². The molecule has 22 heavy (non-hydrogen) atoms. The number of carbonyl (C=O) groups excluding carboxylic acids is 2. The van der Waals surface area contributed by atoms with Gasteiger partial charge in [0.05, 0.1) is 0 Å². The Labute approximate surface area is 121 Å². The zero-order valence-corrected chi connectivity index (χ0v) is 10.9. The molecule has 1 heterocycles. The molecule has 0 aliphatic carbocycles. The molecule has 0 aliphatic heterocycles. The summed E-state index contributed by atoms with van der Waals surface area (Å²) in [4.78, 5) is 62.6. The fraction of sp³-hybridized carbons (Fsp3) is 0.0833. The predicted octanol–water partition coefficient (Wildman–Crippen LogP) is -0.892. The van der Waals surface area contributed by atoms with E-state index in [2.05, 4.69) is 9.98 Å². The third-order valence-electron chi connectivity index (χ3n) is 2.13. The number of H-pyrrole nitrogens is 3. The van der Waals surface area contributed by atoms with Gasteiger partial charge in [0.15, 0.2) is 6.17 Å². The summed E-state index contributed by atoms with van der Waals surface area (Å²) in [5, 5.41) is 0. The molecule has 0 fully saturated rings. The summed E-state index contributed by atoms with van der Waals surface area (Å²) < 4.78 is 0. The topological polar surface area (TPSA) is 157 Å². The molecular weight excluding hydrogens is 294 g/mol. The summed E-state index contributed by atoms with van der Waals surface area (Å²) in [6, 6.07) is 8.78. The van der Waals surface area contributed by atoms with Gasteiger partial charge in [-0.25, -0.2) is 24.0 Å². The number of nitrogens with zero attached hydrogens (tertiary/aromatic N) is 2. The summed E-state index contributed by atoms with van der Waals surface area (Å²) in [6.45, 7) is 0. The number of isocyanates is 2. The average Bonchev–Trinajstić information content (AvgIpc) is 2.47. The molecule has 0 spiro atoms. The van der Waals surface area contributed by atoms with Crippen molar-refractivity contribution in [1.82, 2.24) is 15.0 Å². The second-order valence-corrected chi connectivity index (χ2v) is 3.59. The van der Waals surface area contributed by atoms with Crippen molar-refractivity contribution in [1.29, 1.82) is 0 Å². The molecule has 0 aliphatic rings. The standard InChI is InChI=1S/C9H6N2O2.C3H3N3O3/c12-6-10-9(11-7-13)8-4-2-1-3-5-8;7-1-4-2(8)6-3(9)5-1/h1-5,9H;(H3,4,5,6,7,8,9). The van der Waals surface area contributed by atoms with Crippen LogP contribution < -0.4 is 17.1 Å². The van der Waals surface area contributed by atoms with Crippen molar-refractivity contribution in [2.24, 2.45) is 9.98 Å². The molecule has 0 bridgehead atoms. The number of nitrogens with one attached hydrogen (secondary N) is 3. The van der Waals surface area contributed by atoms with Gasteiger partial charge in [-0.1, -0.05) is 30.3 Å². The molecule has 112 valence electrons. The lowest BCUT2D eigenvalue weighted by Crippen LogP contribution is -2.34. The Kier molecular flexibility index (Phi) is 6.38. The van der Waals surface area contributed by atoms with Crippen LogP contribution in [0.1, 0.15) is 11.7 Å². The summed E-state index contributed by atoms with van der Waals surface area (Å²) in [5.74, 6) is 0. The average molecular weight is 303 g/mol. The molecule has 0 saturated carbocycles. The van der Waals surface area contributed by atoms with Crippen LogP contribution in [0.5, 0.6) is 0 Å². The molecule has 0 atom stereocenters. The number of hydrogen-bond donors (Lipinski definition) is 3. The molecule has 1 aromatic heterocycles. The minimum Gasteiger partial charge on any atom is -0.259 e. The zero-order valence-electron chi connectivity index (χ0n) is 10.9. The van der Waals surface area contributed by atoms with Gasteiger partial charge in [-0.15, -0.1) is 0 Å². The van der Waals surface area contributed by atoms with E-state index in [1.54, 1.807) is 39.2 Å². The highest BCUT2D eigenvalue weighted by Gasteiger charge is 2.05. The summed E-state index contributed by atoms with van der Waals surface area (Å²) in [7, 11) is 0. The SMILES string of the molecule is O=C=NC(N=C=O)c1ccccc1.O=c1[nH]c(=O)[nH]c(=O)[nH]1. The first-order chi connectivity index (χ1) is 10.6. The Morgan fingerprint density at radius 3 is 1.55 bits per heavy atom. The maximum absolute atomic E-state index is 10.2. The molecule has 2 rings (SSSR count). The van der Waals surface area contributed by atoms with E-state index in [-0.39, 0.29) is 0 Å². The number of benzene rings is 1. The number of hydrogen-bond acceptors (Lipinski definition) is 7. The van der Waals surface area contributed by atoms with Crippen LogP contribution in [0.15, 0.2) is 54.7 Å². The van der Waals surface area contributed by atoms with Crippen molar-refractivity contribution >= 4 is 12.2 Å². The van der Waals surface area contributed by atoms with E-state index in [4.69, 9.17) is 0 Å². The molecule has 10 nitrogen and oxygen atoms in total. The van der Waals surface area contributed by atoms with Crippen molar-refractivity contribution in [2.45, 2.75) is 6.17 Å². The zero-order chi connectivity index (χ0) is 16.4. The normalized spacial score (nSPS) is 10.2. The van der Waals surface area contributed by atoms with Gasteiger partial charge in [-0.05, 0) is 5.56 Å². The Morgan fingerprint density at radius 2 is 1.18 bits per heavy atom. The first-order valence-electron chi connectivity index (χ1n) is 5.68. The second-order valence-electron chi connectivity index (χ2n) is 3.59. The van der Waals surface area contributed by atoms with Gasteiger partial charge < -0.3 is 0 Å². The summed E-state index contributed by atoms with van der Waals surface area (Å²) in [6.07, 6.45) is 1.90. The van der Waals surface area contributed by atoms with Crippen molar-refractivity contribution in [3.8, 4) is 0 Å². The molecule has 0 unspecified atom stereocenters. The number of rotatable bonds is 3. The Balaban J connectivity index is 0.000000235. The van der Waals surface area contributed by atoms with Gasteiger partial charge in [0.2, 0.25) is 12.2 Å². The van der Waals surface area contributed by atoms with Gasteiger partial charge in [0.25, 0.3) is 0 Å². The highest BCUT2D eigenvalue weighted by molar-refractivity contribution is 5.39. The van der Waals surface area contributed by atoms with Crippen LogP contribution >= 0.6 is 0 Å². The smallest absolute Gasteiger partial charge is 0.259 e. The minimum absolute atomic E-state index is 0.661.